The zero-order valence-electron chi connectivity index (χ0n) is 16.0. The second-order valence-electron chi connectivity index (χ2n) is 7.01. The summed E-state index contributed by atoms with van der Waals surface area (Å²) in [5, 5.41) is 5.17. The Hall–Kier alpha value is -2.62. The Balaban J connectivity index is 1.39. The van der Waals surface area contributed by atoms with Gasteiger partial charge < -0.3 is 5.32 Å². The van der Waals surface area contributed by atoms with Crippen molar-refractivity contribution in [2.24, 2.45) is 0 Å². The van der Waals surface area contributed by atoms with Gasteiger partial charge in [0.15, 0.2) is 0 Å². The third kappa shape index (κ3) is 4.58. The van der Waals surface area contributed by atoms with Crippen LogP contribution in [0.4, 0.5) is 10.1 Å². The number of nitrogens with one attached hydrogen (secondary N) is 1. The van der Waals surface area contributed by atoms with E-state index in [0.717, 1.165) is 12.8 Å². The Labute approximate surface area is 178 Å². The van der Waals surface area contributed by atoms with Crippen LogP contribution in [0.5, 0.6) is 0 Å². The summed E-state index contributed by atoms with van der Waals surface area (Å²) in [6.07, 6.45) is 1.83. The monoisotopic (exact) mass is 445 g/mol. The van der Waals surface area contributed by atoms with E-state index in [1.54, 1.807) is 29.6 Å². The van der Waals surface area contributed by atoms with E-state index in [9.17, 15) is 17.6 Å². The molecular weight excluding hydrogens is 425 g/mol. The summed E-state index contributed by atoms with van der Waals surface area (Å²) < 4.78 is 40.0. The van der Waals surface area contributed by atoms with Gasteiger partial charge in [-0.1, -0.05) is 12.1 Å². The SMILES string of the molecule is O=C(Cc1csc(-c2cccc(F)c2)n1)Nc1ccc(S(=O)(=O)N2CCCC2)cc1. The molecule has 1 amide bonds. The highest BCUT2D eigenvalue weighted by Crippen LogP contribution is 2.25. The van der Waals surface area contributed by atoms with Gasteiger partial charge in [-0.3, -0.25) is 4.79 Å². The Morgan fingerprint density at radius 3 is 2.57 bits per heavy atom. The number of benzene rings is 2. The van der Waals surface area contributed by atoms with Crippen LogP contribution in [0.2, 0.25) is 0 Å². The topological polar surface area (TPSA) is 79.4 Å². The average molecular weight is 446 g/mol. The number of hydrogen-bond acceptors (Lipinski definition) is 5. The van der Waals surface area contributed by atoms with Gasteiger partial charge in [-0.05, 0) is 49.2 Å². The molecule has 0 atom stereocenters. The van der Waals surface area contributed by atoms with Gasteiger partial charge >= 0.3 is 0 Å². The number of anilines is 1. The van der Waals surface area contributed by atoms with Gasteiger partial charge in [0.05, 0.1) is 17.0 Å². The molecule has 0 spiro atoms. The number of halogens is 1. The van der Waals surface area contributed by atoms with Crippen LogP contribution in [-0.2, 0) is 21.2 Å². The maximum Gasteiger partial charge on any atom is 0.243 e. The molecule has 2 aromatic carbocycles. The molecule has 2 heterocycles. The number of amides is 1. The van der Waals surface area contributed by atoms with Crippen molar-refractivity contribution < 1.29 is 17.6 Å². The molecule has 6 nitrogen and oxygen atoms in total. The fourth-order valence-corrected chi connectivity index (χ4v) is 5.63. The summed E-state index contributed by atoms with van der Waals surface area (Å²) >= 11 is 1.35. The quantitative estimate of drug-likeness (QED) is 0.624. The molecule has 1 aliphatic rings. The zero-order chi connectivity index (χ0) is 21.1. The lowest BCUT2D eigenvalue weighted by Gasteiger charge is -2.15. The molecule has 156 valence electrons. The van der Waals surface area contributed by atoms with E-state index in [2.05, 4.69) is 10.3 Å². The van der Waals surface area contributed by atoms with Crippen molar-refractivity contribution in [3.63, 3.8) is 0 Å². The molecule has 1 N–H and O–H groups in total. The number of thiazole rings is 1. The van der Waals surface area contributed by atoms with Crippen LogP contribution in [-0.4, -0.2) is 36.7 Å². The third-order valence-corrected chi connectivity index (χ3v) is 7.66. The maximum absolute atomic E-state index is 13.4. The number of nitrogens with zero attached hydrogens (tertiary/aromatic N) is 2. The van der Waals surface area contributed by atoms with E-state index < -0.39 is 10.0 Å². The molecule has 30 heavy (non-hydrogen) atoms. The first-order valence-electron chi connectivity index (χ1n) is 9.52. The highest BCUT2D eigenvalue weighted by molar-refractivity contribution is 7.89. The predicted molar refractivity (Wildman–Crippen MR) is 114 cm³/mol. The molecule has 0 radical (unpaired) electrons. The van der Waals surface area contributed by atoms with Crippen LogP contribution in [0.1, 0.15) is 18.5 Å². The van der Waals surface area contributed by atoms with Crippen LogP contribution in [0.25, 0.3) is 10.6 Å². The highest BCUT2D eigenvalue weighted by atomic mass is 32.2. The minimum Gasteiger partial charge on any atom is -0.326 e. The van der Waals surface area contributed by atoms with Gasteiger partial charge in [0.1, 0.15) is 10.8 Å². The summed E-state index contributed by atoms with van der Waals surface area (Å²) in [5.41, 5.74) is 1.77. The Morgan fingerprint density at radius 2 is 1.87 bits per heavy atom. The molecule has 1 aliphatic heterocycles. The molecular formula is C21H20FN3O3S2. The lowest BCUT2D eigenvalue weighted by Crippen LogP contribution is -2.27. The maximum atomic E-state index is 13.4. The average Bonchev–Trinajstić information content (AvgIpc) is 3.41. The van der Waals surface area contributed by atoms with Gasteiger partial charge in [0.2, 0.25) is 15.9 Å². The van der Waals surface area contributed by atoms with E-state index in [-0.39, 0.29) is 23.0 Å². The molecule has 1 saturated heterocycles. The number of rotatable bonds is 6. The number of hydrogen-bond donors (Lipinski definition) is 1. The van der Waals surface area contributed by atoms with Crippen molar-refractivity contribution in [3.05, 3.63) is 65.4 Å². The van der Waals surface area contributed by atoms with Gasteiger partial charge in [-0.15, -0.1) is 11.3 Å². The molecule has 9 heteroatoms. The molecule has 1 fully saturated rings. The first-order chi connectivity index (χ1) is 14.4. The van der Waals surface area contributed by atoms with Crippen molar-refractivity contribution in [3.8, 4) is 10.6 Å². The second kappa shape index (κ2) is 8.63. The van der Waals surface area contributed by atoms with Crippen molar-refractivity contribution in [1.82, 2.24) is 9.29 Å². The lowest BCUT2D eigenvalue weighted by molar-refractivity contribution is -0.115. The molecule has 1 aromatic heterocycles. The summed E-state index contributed by atoms with van der Waals surface area (Å²) in [7, 11) is -3.47. The van der Waals surface area contributed by atoms with Crippen LogP contribution >= 0.6 is 11.3 Å². The van der Waals surface area contributed by atoms with Crippen molar-refractivity contribution in [1.29, 1.82) is 0 Å². The van der Waals surface area contributed by atoms with Crippen LogP contribution in [0.15, 0.2) is 58.8 Å². The van der Waals surface area contributed by atoms with Gasteiger partial charge in [-0.25, -0.2) is 17.8 Å². The van der Waals surface area contributed by atoms with Crippen molar-refractivity contribution >= 4 is 33.0 Å². The van der Waals surface area contributed by atoms with E-state index in [4.69, 9.17) is 0 Å². The fourth-order valence-electron chi connectivity index (χ4n) is 3.30. The number of carbonyl (C=O) groups is 1. The summed E-state index contributed by atoms with van der Waals surface area (Å²) in [6.45, 7) is 1.10. The number of sulfonamides is 1. The molecule has 3 aromatic rings. The predicted octanol–water partition coefficient (Wildman–Crippen LogP) is 3.91. The Morgan fingerprint density at radius 1 is 1.13 bits per heavy atom. The number of carbonyl (C=O) groups excluding carboxylic acids is 1. The summed E-state index contributed by atoms with van der Waals surface area (Å²) in [6, 6.07) is 12.3. The van der Waals surface area contributed by atoms with E-state index >= 15 is 0 Å². The Bertz CT molecular complexity index is 1150. The molecule has 0 saturated carbocycles. The third-order valence-electron chi connectivity index (χ3n) is 4.81. The fraction of sp³-hybridized carbons (Fsp3) is 0.238. The van der Waals surface area contributed by atoms with Crippen molar-refractivity contribution in [2.75, 3.05) is 18.4 Å². The lowest BCUT2D eigenvalue weighted by atomic mass is 10.2. The summed E-state index contributed by atoms with van der Waals surface area (Å²) in [4.78, 5) is 17.0. The summed E-state index contributed by atoms with van der Waals surface area (Å²) in [5.74, 6) is -0.599. The van der Waals surface area contributed by atoms with Crippen LogP contribution in [0.3, 0.4) is 0 Å². The molecule has 0 aliphatic carbocycles. The first-order valence-corrected chi connectivity index (χ1v) is 11.8. The van der Waals surface area contributed by atoms with E-state index in [1.807, 2.05) is 0 Å². The molecule has 0 unspecified atom stereocenters. The zero-order valence-corrected chi connectivity index (χ0v) is 17.7. The van der Waals surface area contributed by atoms with Crippen LogP contribution in [0, 0.1) is 5.82 Å². The highest BCUT2D eigenvalue weighted by Gasteiger charge is 2.26. The van der Waals surface area contributed by atoms with E-state index in [0.29, 0.717) is 35.0 Å². The Kier molecular flexibility index (Phi) is 5.94. The molecule has 0 bridgehead atoms. The number of aromatic nitrogens is 1. The largest absolute Gasteiger partial charge is 0.326 e. The first kappa shape index (κ1) is 20.6. The van der Waals surface area contributed by atoms with Gasteiger partial charge in [0.25, 0.3) is 0 Å². The standard InChI is InChI=1S/C21H20FN3O3S2/c22-16-5-3-4-15(12-16)21-24-18(14-29-21)13-20(26)23-17-6-8-19(9-7-17)30(27,28)25-10-1-2-11-25/h3-9,12,14H,1-2,10-11,13H2,(H,23,26). The van der Waals surface area contributed by atoms with Gasteiger partial charge in [0, 0.05) is 29.7 Å². The minimum absolute atomic E-state index is 0.0691. The smallest absolute Gasteiger partial charge is 0.243 e. The van der Waals surface area contributed by atoms with Crippen molar-refractivity contribution in [2.45, 2.75) is 24.2 Å². The second-order valence-corrected chi connectivity index (χ2v) is 9.81. The normalized spacial score (nSPS) is 14.7. The van der Waals surface area contributed by atoms with E-state index in [1.165, 1.54) is 39.9 Å². The molecule has 4 rings (SSSR count). The van der Waals surface area contributed by atoms with Gasteiger partial charge in [-0.2, -0.15) is 4.31 Å². The minimum atomic E-state index is -3.47. The van der Waals surface area contributed by atoms with Crippen LogP contribution < -0.4 is 5.32 Å².